The van der Waals surface area contributed by atoms with Gasteiger partial charge in [-0.15, -0.1) is 0 Å². The Kier molecular flexibility index (Phi) is 20.3. The summed E-state index contributed by atoms with van der Waals surface area (Å²) in [6.45, 7) is 1.53. The molecule has 36 heteroatoms. The van der Waals surface area contributed by atoms with Crippen molar-refractivity contribution < 1.29 is 146 Å². The number of hydrogen-bond donors (Lipinski definition) is 6. The molecule has 0 rings (SSSR count). The van der Waals surface area contributed by atoms with E-state index in [0.717, 1.165) is 0 Å². The number of halogens is 21. The van der Waals surface area contributed by atoms with Crippen molar-refractivity contribution in [3.63, 3.8) is 0 Å². The molecule has 0 bridgehead atoms. The third-order valence-electron chi connectivity index (χ3n) is 4.84. The van der Waals surface area contributed by atoms with Crippen LogP contribution in [0.2, 0.25) is 0 Å². The van der Waals surface area contributed by atoms with Gasteiger partial charge in [-0.25, -0.2) is 0 Å². The molecule has 0 aromatic carbocycles. The van der Waals surface area contributed by atoms with E-state index in [0.29, 0.717) is 12.8 Å². The minimum absolute atomic E-state index is 0.0347. The summed E-state index contributed by atoms with van der Waals surface area (Å²) in [7, 11) is -17.0. The third kappa shape index (κ3) is 19.8. The number of aliphatic hydroxyl groups excluding tert-OH is 2. The van der Waals surface area contributed by atoms with E-state index < -0.39 is 107 Å². The summed E-state index contributed by atoms with van der Waals surface area (Å²) in [5.41, 5.74) is -0.899. The van der Waals surface area contributed by atoms with Crippen LogP contribution in [0.25, 0.3) is 0 Å². The summed E-state index contributed by atoms with van der Waals surface area (Å²) >= 11 is 0. The van der Waals surface area contributed by atoms with Gasteiger partial charge in [-0.1, -0.05) is 0 Å². The maximum Gasteiger partial charge on any atom is 0.459 e. The summed E-state index contributed by atoms with van der Waals surface area (Å²) in [6, 6.07) is 0. The van der Waals surface area contributed by atoms with Gasteiger partial charge in [0.15, 0.2) is 0 Å². The second-order valence-corrected chi connectivity index (χ2v) is 14.3. The van der Waals surface area contributed by atoms with E-state index in [4.69, 9.17) is 23.9 Å². The molecular formula is C18H23F21O12S3. The lowest BCUT2D eigenvalue weighted by atomic mass is 10.00. The monoisotopic (exact) mass is 926 g/mol. The van der Waals surface area contributed by atoms with E-state index in [1.165, 1.54) is 0 Å². The van der Waals surface area contributed by atoms with Crippen molar-refractivity contribution in [3.8, 4) is 0 Å². The van der Waals surface area contributed by atoms with Crippen molar-refractivity contribution in [2.24, 2.45) is 0 Å². The summed E-state index contributed by atoms with van der Waals surface area (Å²) in [5.74, 6) is -46.4. The predicted octanol–water partition coefficient (Wildman–Crippen LogP) is 4.62. The zero-order valence-corrected chi connectivity index (χ0v) is 27.7. The number of hydrogen-bond acceptors (Lipinski definition) is 9. The smallest absolute Gasteiger partial charge is 0.396 e. The van der Waals surface area contributed by atoms with Crippen LogP contribution in [0.5, 0.6) is 0 Å². The standard InChI is InChI=1S/C6H14O3.3C4H3F7O3S/c1-6(9,2-4-7)3-5-8;3*5-2(6,1-15(12,13)14)3(7,8)4(9,10)11/h7-9H,2-5H2,1H3;3*1H2,(H,12,13,14). The largest absolute Gasteiger partial charge is 0.459 e. The summed E-state index contributed by atoms with van der Waals surface area (Å²) in [5, 5.41) is 26.0. The average Bonchev–Trinajstić information content (AvgIpc) is 2.78. The minimum atomic E-state index is -6.61. The molecule has 0 amide bonds. The van der Waals surface area contributed by atoms with Gasteiger partial charge in [-0.05, 0) is 19.8 Å². The molecule has 0 aliphatic heterocycles. The van der Waals surface area contributed by atoms with Crippen LogP contribution in [-0.4, -0.2) is 144 Å². The summed E-state index contributed by atoms with van der Waals surface area (Å²) in [4.78, 5) is 0. The molecular weight excluding hydrogens is 903 g/mol. The lowest BCUT2D eigenvalue weighted by molar-refractivity contribution is -0.348. The van der Waals surface area contributed by atoms with Crippen molar-refractivity contribution in [3.05, 3.63) is 0 Å². The molecule has 0 saturated carbocycles. The van der Waals surface area contributed by atoms with Gasteiger partial charge >= 0.3 is 54.1 Å². The van der Waals surface area contributed by atoms with Crippen LogP contribution in [0.1, 0.15) is 19.8 Å². The van der Waals surface area contributed by atoms with Crippen LogP contribution < -0.4 is 0 Å². The minimum Gasteiger partial charge on any atom is -0.396 e. The molecule has 0 aromatic heterocycles. The molecule has 0 aliphatic carbocycles. The molecule has 12 nitrogen and oxygen atoms in total. The zero-order valence-electron chi connectivity index (χ0n) is 25.2. The Morgan fingerprint density at radius 1 is 0.389 bits per heavy atom. The van der Waals surface area contributed by atoms with Crippen molar-refractivity contribution in [1.82, 2.24) is 0 Å². The van der Waals surface area contributed by atoms with Gasteiger partial charge in [0, 0.05) is 13.2 Å². The highest BCUT2D eigenvalue weighted by atomic mass is 32.2. The quantitative estimate of drug-likeness (QED) is 0.110. The van der Waals surface area contributed by atoms with E-state index in [1.54, 1.807) is 6.92 Å². The number of aliphatic hydroxyl groups is 3. The maximum atomic E-state index is 12.2. The van der Waals surface area contributed by atoms with E-state index in [9.17, 15) is 123 Å². The Bertz CT molecular complexity index is 1320. The fourth-order valence-corrected chi connectivity index (χ4v) is 4.11. The molecule has 0 fully saturated rings. The van der Waals surface area contributed by atoms with Crippen LogP contribution in [0.4, 0.5) is 92.2 Å². The van der Waals surface area contributed by atoms with Crippen LogP contribution in [0.15, 0.2) is 0 Å². The van der Waals surface area contributed by atoms with E-state index in [1.807, 2.05) is 0 Å². The highest BCUT2D eigenvalue weighted by molar-refractivity contribution is 7.86. The molecule has 54 heavy (non-hydrogen) atoms. The number of rotatable bonds is 13. The summed E-state index contributed by atoms with van der Waals surface area (Å²) in [6.07, 6.45) is -19.2. The average molecular weight is 927 g/mol. The SMILES string of the molecule is CC(O)(CCO)CCO.O=S(=O)(O)CC(F)(F)C(F)(F)C(F)(F)F.O=S(=O)(O)CC(F)(F)C(F)(F)C(F)(F)F.O=S(=O)(O)CC(F)(F)C(F)(F)C(F)(F)F. The first-order valence-corrected chi connectivity index (χ1v) is 16.8. The van der Waals surface area contributed by atoms with Gasteiger partial charge in [0.25, 0.3) is 30.4 Å². The van der Waals surface area contributed by atoms with Crippen molar-refractivity contribution in [2.45, 2.75) is 79.4 Å². The van der Waals surface area contributed by atoms with E-state index in [-0.39, 0.29) is 13.2 Å². The molecule has 0 spiro atoms. The Balaban J connectivity index is -0.000000314. The second-order valence-electron chi connectivity index (χ2n) is 9.95. The highest BCUT2D eigenvalue weighted by Crippen LogP contribution is 2.49. The van der Waals surface area contributed by atoms with Gasteiger partial charge in [0.1, 0.15) is 17.3 Å². The van der Waals surface area contributed by atoms with Crippen LogP contribution >= 0.6 is 0 Å². The highest BCUT2D eigenvalue weighted by Gasteiger charge is 2.75. The molecule has 6 N–H and O–H groups in total. The first-order chi connectivity index (χ1) is 22.7. The number of alkyl halides is 21. The lowest BCUT2D eigenvalue weighted by Gasteiger charge is -2.26. The first-order valence-electron chi connectivity index (χ1n) is 12.0. The van der Waals surface area contributed by atoms with Crippen LogP contribution in [0.3, 0.4) is 0 Å². The molecule has 0 aromatic rings. The molecule has 0 saturated heterocycles. The Morgan fingerprint density at radius 2 is 0.537 bits per heavy atom. The van der Waals surface area contributed by atoms with Gasteiger partial charge in [-0.2, -0.15) is 117 Å². The van der Waals surface area contributed by atoms with Gasteiger partial charge in [0.2, 0.25) is 0 Å². The van der Waals surface area contributed by atoms with Crippen molar-refractivity contribution in [2.75, 3.05) is 30.5 Å². The first kappa shape index (κ1) is 58.8. The zero-order chi connectivity index (χ0) is 45.4. The Morgan fingerprint density at radius 3 is 0.630 bits per heavy atom. The summed E-state index contributed by atoms with van der Waals surface area (Å²) < 4.78 is 330. The van der Waals surface area contributed by atoms with Crippen LogP contribution in [-0.2, 0) is 30.4 Å². The third-order valence-corrected chi connectivity index (χ3v) is 7.02. The molecule has 332 valence electrons. The molecule has 0 atom stereocenters. The fraction of sp³-hybridized carbons (Fsp3) is 1.00. The molecule has 0 heterocycles. The van der Waals surface area contributed by atoms with Gasteiger partial charge < -0.3 is 15.3 Å². The van der Waals surface area contributed by atoms with Crippen molar-refractivity contribution >= 4 is 30.4 Å². The normalized spacial score (nSPS) is 14.9. The van der Waals surface area contributed by atoms with Gasteiger partial charge in [-0.3, -0.25) is 13.7 Å². The van der Waals surface area contributed by atoms with Gasteiger partial charge in [0.05, 0.1) is 5.60 Å². The van der Waals surface area contributed by atoms with E-state index in [2.05, 4.69) is 0 Å². The van der Waals surface area contributed by atoms with Crippen LogP contribution in [0, 0.1) is 0 Å². The van der Waals surface area contributed by atoms with Crippen molar-refractivity contribution in [1.29, 1.82) is 0 Å². The molecule has 0 radical (unpaired) electrons. The lowest BCUT2D eigenvalue weighted by Crippen LogP contribution is -2.55. The Labute approximate surface area is 287 Å². The molecule has 0 aliphatic rings. The fourth-order valence-electron chi connectivity index (χ4n) is 2.19. The van der Waals surface area contributed by atoms with E-state index >= 15 is 0 Å². The second kappa shape index (κ2) is 18.6. The topological polar surface area (TPSA) is 224 Å². The maximum absolute atomic E-state index is 12.2. The molecule has 0 unspecified atom stereocenters. The Hall–Kier alpha value is -1.86. The predicted molar refractivity (Wildman–Crippen MR) is 131 cm³/mol.